The molecule has 0 aromatic carbocycles. The standard InChI is InChI=1S/C18H23ClN6O/c1-13-5-6-16(22-21-13)24-7-4-8-25(10-9-24)17-15(19)11-14(12-20-17)18(26)23(2)3/h5-6,11-12H,4,7-10H2,1-3H3. The first-order chi connectivity index (χ1) is 12.5. The molecular formula is C18H23ClN6O. The second-order valence-corrected chi connectivity index (χ2v) is 7.00. The van der Waals surface area contributed by atoms with E-state index in [2.05, 4.69) is 25.0 Å². The maximum absolute atomic E-state index is 12.1. The molecule has 1 fully saturated rings. The molecule has 0 aliphatic carbocycles. The van der Waals surface area contributed by atoms with E-state index >= 15 is 0 Å². The molecule has 26 heavy (non-hydrogen) atoms. The van der Waals surface area contributed by atoms with Crippen LogP contribution >= 0.6 is 11.6 Å². The summed E-state index contributed by atoms with van der Waals surface area (Å²) < 4.78 is 0. The molecular weight excluding hydrogens is 352 g/mol. The van der Waals surface area contributed by atoms with Crippen LogP contribution in [0.2, 0.25) is 5.02 Å². The first-order valence-electron chi connectivity index (χ1n) is 8.63. The number of rotatable bonds is 3. The lowest BCUT2D eigenvalue weighted by Crippen LogP contribution is -2.32. The van der Waals surface area contributed by atoms with Crippen LogP contribution in [0.3, 0.4) is 0 Å². The van der Waals surface area contributed by atoms with Gasteiger partial charge in [0.05, 0.1) is 16.3 Å². The fourth-order valence-corrected chi connectivity index (χ4v) is 3.24. The molecule has 0 radical (unpaired) electrons. The van der Waals surface area contributed by atoms with Gasteiger partial charge in [-0.2, -0.15) is 5.10 Å². The molecule has 0 bridgehead atoms. The summed E-state index contributed by atoms with van der Waals surface area (Å²) in [6, 6.07) is 5.68. The molecule has 0 saturated carbocycles. The summed E-state index contributed by atoms with van der Waals surface area (Å²) in [6.45, 7) is 5.28. The predicted octanol–water partition coefficient (Wildman–Crippen LogP) is 2.25. The van der Waals surface area contributed by atoms with Gasteiger partial charge in [-0.05, 0) is 31.5 Å². The lowest BCUT2D eigenvalue weighted by Gasteiger charge is -2.24. The van der Waals surface area contributed by atoms with E-state index in [-0.39, 0.29) is 5.91 Å². The lowest BCUT2D eigenvalue weighted by molar-refractivity contribution is 0.0827. The van der Waals surface area contributed by atoms with Crippen LogP contribution in [-0.4, -0.2) is 66.3 Å². The quantitative estimate of drug-likeness (QED) is 0.821. The zero-order valence-electron chi connectivity index (χ0n) is 15.3. The fourth-order valence-electron chi connectivity index (χ4n) is 2.96. The van der Waals surface area contributed by atoms with Gasteiger partial charge in [-0.15, -0.1) is 5.10 Å². The Labute approximate surface area is 158 Å². The van der Waals surface area contributed by atoms with Crippen molar-refractivity contribution >= 4 is 29.1 Å². The van der Waals surface area contributed by atoms with E-state index in [1.807, 2.05) is 19.1 Å². The van der Waals surface area contributed by atoms with Crippen molar-refractivity contribution < 1.29 is 4.79 Å². The number of pyridine rings is 1. The number of carbonyl (C=O) groups is 1. The van der Waals surface area contributed by atoms with Gasteiger partial charge < -0.3 is 14.7 Å². The van der Waals surface area contributed by atoms with E-state index in [1.165, 1.54) is 4.90 Å². The Morgan fingerprint density at radius 1 is 1.12 bits per heavy atom. The average Bonchev–Trinajstić information content (AvgIpc) is 2.87. The van der Waals surface area contributed by atoms with E-state index in [4.69, 9.17) is 11.6 Å². The Hall–Kier alpha value is -2.41. The van der Waals surface area contributed by atoms with Crippen molar-refractivity contribution in [3.63, 3.8) is 0 Å². The van der Waals surface area contributed by atoms with Crippen LogP contribution in [0.15, 0.2) is 24.4 Å². The SMILES string of the molecule is Cc1ccc(N2CCCN(c3ncc(C(=O)N(C)C)cc3Cl)CC2)nn1. The number of amides is 1. The van der Waals surface area contributed by atoms with E-state index in [0.29, 0.717) is 10.6 Å². The third-order valence-corrected chi connectivity index (χ3v) is 4.66. The van der Waals surface area contributed by atoms with Crippen LogP contribution < -0.4 is 9.80 Å². The molecule has 0 unspecified atom stereocenters. The predicted molar refractivity (Wildman–Crippen MR) is 103 cm³/mol. The van der Waals surface area contributed by atoms with Gasteiger partial charge >= 0.3 is 0 Å². The smallest absolute Gasteiger partial charge is 0.254 e. The minimum atomic E-state index is -0.106. The number of anilines is 2. The third-order valence-electron chi connectivity index (χ3n) is 4.38. The number of nitrogens with zero attached hydrogens (tertiary/aromatic N) is 6. The van der Waals surface area contributed by atoms with Gasteiger partial charge in [0, 0.05) is 46.5 Å². The number of hydrogen-bond donors (Lipinski definition) is 0. The lowest BCUT2D eigenvalue weighted by atomic mass is 10.2. The van der Waals surface area contributed by atoms with Crippen molar-refractivity contribution in [2.45, 2.75) is 13.3 Å². The fraction of sp³-hybridized carbons (Fsp3) is 0.444. The van der Waals surface area contributed by atoms with Crippen LogP contribution in [-0.2, 0) is 0 Å². The zero-order valence-corrected chi connectivity index (χ0v) is 16.1. The molecule has 138 valence electrons. The largest absolute Gasteiger partial charge is 0.354 e. The van der Waals surface area contributed by atoms with Crippen molar-refractivity contribution in [1.29, 1.82) is 0 Å². The molecule has 0 atom stereocenters. The zero-order chi connectivity index (χ0) is 18.7. The summed E-state index contributed by atoms with van der Waals surface area (Å²) in [5.74, 6) is 1.51. The van der Waals surface area contributed by atoms with Crippen molar-refractivity contribution in [1.82, 2.24) is 20.1 Å². The number of halogens is 1. The molecule has 1 amide bonds. The molecule has 8 heteroatoms. The highest BCUT2D eigenvalue weighted by Gasteiger charge is 2.20. The van der Waals surface area contributed by atoms with Crippen molar-refractivity contribution in [2.75, 3.05) is 50.1 Å². The Kier molecular flexibility index (Phi) is 5.56. The van der Waals surface area contributed by atoms with Crippen LogP contribution in [0.4, 0.5) is 11.6 Å². The van der Waals surface area contributed by atoms with Gasteiger partial charge in [-0.25, -0.2) is 4.98 Å². The first kappa shape index (κ1) is 18.4. The molecule has 0 N–H and O–H groups in total. The minimum Gasteiger partial charge on any atom is -0.354 e. The molecule has 1 aliphatic heterocycles. The van der Waals surface area contributed by atoms with Gasteiger partial charge in [0.25, 0.3) is 5.91 Å². The number of aryl methyl sites for hydroxylation is 1. The summed E-state index contributed by atoms with van der Waals surface area (Å²) >= 11 is 6.42. The summed E-state index contributed by atoms with van der Waals surface area (Å²) in [5, 5.41) is 8.92. The summed E-state index contributed by atoms with van der Waals surface area (Å²) in [6.07, 6.45) is 2.56. The Morgan fingerprint density at radius 3 is 2.50 bits per heavy atom. The first-order valence-corrected chi connectivity index (χ1v) is 9.01. The normalized spacial score (nSPS) is 14.9. The monoisotopic (exact) mass is 374 g/mol. The van der Waals surface area contributed by atoms with E-state index in [1.54, 1.807) is 26.4 Å². The summed E-state index contributed by atoms with van der Waals surface area (Å²) in [7, 11) is 3.42. The maximum Gasteiger partial charge on any atom is 0.254 e. The highest BCUT2D eigenvalue weighted by Crippen LogP contribution is 2.26. The Balaban J connectivity index is 1.72. The number of aromatic nitrogens is 3. The minimum absolute atomic E-state index is 0.106. The van der Waals surface area contributed by atoms with E-state index in [0.717, 1.165) is 49.9 Å². The van der Waals surface area contributed by atoms with Gasteiger partial charge in [0.15, 0.2) is 5.82 Å². The number of carbonyl (C=O) groups excluding carboxylic acids is 1. The maximum atomic E-state index is 12.1. The van der Waals surface area contributed by atoms with E-state index in [9.17, 15) is 4.79 Å². The second-order valence-electron chi connectivity index (χ2n) is 6.59. The third kappa shape index (κ3) is 4.04. The van der Waals surface area contributed by atoms with Gasteiger partial charge in [0.2, 0.25) is 0 Å². The van der Waals surface area contributed by atoms with Gasteiger partial charge in [-0.1, -0.05) is 11.6 Å². The molecule has 2 aromatic heterocycles. The molecule has 7 nitrogen and oxygen atoms in total. The van der Waals surface area contributed by atoms with Crippen LogP contribution in [0.1, 0.15) is 22.5 Å². The molecule has 0 spiro atoms. The molecule has 2 aromatic rings. The van der Waals surface area contributed by atoms with Crippen LogP contribution in [0.25, 0.3) is 0 Å². The topological polar surface area (TPSA) is 65.5 Å². The molecule has 1 aliphatic rings. The van der Waals surface area contributed by atoms with Gasteiger partial charge in [-0.3, -0.25) is 4.79 Å². The van der Waals surface area contributed by atoms with Crippen molar-refractivity contribution in [3.05, 3.63) is 40.7 Å². The molecule has 3 rings (SSSR count). The highest BCUT2D eigenvalue weighted by molar-refractivity contribution is 6.33. The average molecular weight is 375 g/mol. The van der Waals surface area contributed by atoms with E-state index < -0.39 is 0 Å². The number of hydrogen-bond acceptors (Lipinski definition) is 6. The Morgan fingerprint density at radius 2 is 1.85 bits per heavy atom. The van der Waals surface area contributed by atoms with Crippen LogP contribution in [0.5, 0.6) is 0 Å². The van der Waals surface area contributed by atoms with Crippen molar-refractivity contribution in [3.8, 4) is 0 Å². The molecule has 1 saturated heterocycles. The molecule has 3 heterocycles. The summed E-state index contributed by atoms with van der Waals surface area (Å²) in [5.41, 5.74) is 1.41. The second kappa shape index (κ2) is 7.86. The van der Waals surface area contributed by atoms with Crippen molar-refractivity contribution in [2.24, 2.45) is 0 Å². The Bertz CT molecular complexity index is 780. The van der Waals surface area contributed by atoms with Gasteiger partial charge in [0.1, 0.15) is 5.82 Å². The summed E-state index contributed by atoms with van der Waals surface area (Å²) in [4.78, 5) is 22.4. The van der Waals surface area contributed by atoms with Crippen LogP contribution in [0, 0.1) is 6.92 Å². The highest BCUT2D eigenvalue weighted by atomic mass is 35.5.